The second kappa shape index (κ2) is 4.92. The van der Waals surface area contributed by atoms with Crippen molar-refractivity contribution in [3.05, 3.63) is 11.9 Å². The smallest absolute Gasteiger partial charge is 0.367 e. The van der Waals surface area contributed by atoms with Gasteiger partial charge in [-0.2, -0.15) is 13.2 Å². The lowest BCUT2D eigenvalue weighted by Gasteiger charge is -2.09. The molecular formula is C7H7F5O2. The van der Waals surface area contributed by atoms with Gasteiger partial charge in [-0.25, -0.2) is 13.6 Å². The molecule has 0 aromatic carbocycles. The third-order valence-electron chi connectivity index (χ3n) is 1.08. The van der Waals surface area contributed by atoms with Gasteiger partial charge in [0.05, 0.1) is 6.61 Å². The maximum atomic E-state index is 12.4. The van der Waals surface area contributed by atoms with E-state index in [2.05, 4.69) is 4.74 Å². The van der Waals surface area contributed by atoms with Gasteiger partial charge in [-0.3, -0.25) is 0 Å². The van der Waals surface area contributed by atoms with Crippen molar-refractivity contribution >= 4 is 5.97 Å². The Balaban J connectivity index is 4.58. The lowest BCUT2D eigenvalue weighted by Crippen LogP contribution is -2.24. The molecule has 0 aliphatic heterocycles. The number of hydrogen-bond acceptors (Lipinski definition) is 2. The molecule has 0 fully saturated rings. The molecule has 82 valence electrons. The highest BCUT2D eigenvalue weighted by Gasteiger charge is 2.40. The van der Waals surface area contributed by atoms with Gasteiger partial charge in [0.15, 0.2) is 0 Å². The van der Waals surface area contributed by atoms with Crippen LogP contribution in [-0.2, 0) is 9.53 Å². The summed E-state index contributed by atoms with van der Waals surface area (Å²) in [6.45, 7) is 1.08. The van der Waals surface area contributed by atoms with Crippen LogP contribution in [-0.4, -0.2) is 24.9 Å². The highest BCUT2D eigenvalue weighted by molar-refractivity contribution is 5.86. The molecule has 0 amide bonds. The van der Waals surface area contributed by atoms with Crippen molar-refractivity contribution in [1.82, 2.24) is 0 Å². The molecule has 0 N–H and O–H groups in total. The van der Waals surface area contributed by atoms with Crippen LogP contribution in [0, 0.1) is 0 Å². The fraction of sp³-hybridized carbons (Fsp3) is 0.571. The van der Waals surface area contributed by atoms with Crippen LogP contribution < -0.4 is 0 Å². The zero-order valence-electron chi connectivity index (χ0n) is 7.07. The molecule has 0 unspecified atom stereocenters. The number of carbonyl (C=O) groups excluding carboxylic acids is 1. The van der Waals surface area contributed by atoms with Crippen LogP contribution >= 0.6 is 0 Å². The Morgan fingerprint density at radius 3 is 2.36 bits per heavy atom. The van der Waals surface area contributed by atoms with E-state index in [-0.39, 0.29) is 6.61 Å². The number of ether oxygens (including phenoxy) is 1. The summed E-state index contributed by atoms with van der Waals surface area (Å²) in [4.78, 5) is 10.4. The largest absolute Gasteiger partial charge is 0.461 e. The van der Waals surface area contributed by atoms with E-state index >= 15 is 0 Å². The molecule has 0 spiro atoms. The second-order valence-corrected chi connectivity index (χ2v) is 2.19. The molecule has 0 saturated carbocycles. The minimum atomic E-state index is -4.67. The zero-order chi connectivity index (χ0) is 11.4. The standard InChI is InChI=1S/C7H7F5O2/c1-2-14-5(13)4(8)3-7(11,12)6(9)10/h3,6H,2H2,1H3/b4-3-. The molecule has 0 aromatic heterocycles. The molecular weight excluding hydrogens is 211 g/mol. The van der Waals surface area contributed by atoms with Gasteiger partial charge in [0.25, 0.3) is 0 Å². The number of alkyl halides is 4. The highest BCUT2D eigenvalue weighted by Crippen LogP contribution is 2.26. The van der Waals surface area contributed by atoms with Crippen LogP contribution in [0.15, 0.2) is 11.9 Å². The van der Waals surface area contributed by atoms with E-state index in [1.54, 1.807) is 0 Å². The van der Waals surface area contributed by atoms with E-state index in [1.807, 2.05) is 0 Å². The number of carbonyl (C=O) groups is 1. The monoisotopic (exact) mass is 218 g/mol. The third kappa shape index (κ3) is 3.71. The van der Waals surface area contributed by atoms with Crippen molar-refractivity contribution in [2.45, 2.75) is 19.3 Å². The van der Waals surface area contributed by atoms with Crippen LogP contribution in [0.25, 0.3) is 0 Å². The van der Waals surface area contributed by atoms with Crippen LogP contribution in [0.1, 0.15) is 6.92 Å². The summed E-state index contributed by atoms with van der Waals surface area (Å²) in [6, 6.07) is 0. The van der Waals surface area contributed by atoms with Gasteiger partial charge in [-0.15, -0.1) is 0 Å². The normalized spacial score (nSPS) is 13.2. The molecule has 0 atom stereocenters. The second-order valence-electron chi connectivity index (χ2n) is 2.19. The van der Waals surface area contributed by atoms with E-state index < -0.39 is 30.2 Å². The van der Waals surface area contributed by atoms with Crippen LogP contribution in [0.3, 0.4) is 0 Å². The fourth-order valence-electron chi connectivity index (χ4n) is 0.491. The number of hydrogen-bond donors (Lipinski definition) is 0. The number of halogens is 5. The molecule has 0 bridgehead atoms. The predicted molar refractivity (Wildman–Crippen MR) is 36.8 cm³/mol. The molecule has 0 saturated heterocycles. The summed E-state index contributed by atoms with van der Waals surface area (Å²) in [5.41, 5.74) is 0. The zero-order valence-corrected chi connectivity index (χ0v) is 7.07. The Kier molecular flexibility index (Phi) is 4.52. The molecule has 2 nitrogen and oxygen atoms in total. The molecule has 7 heteroatoms. The van der Waals surface area contributed by atoms with Gasteiger partial charge < -0.3 is 4.74 Å². The highest BCUT2D eigenvalue weighted by atomic mass is 19.3. The Labute approximate surface area is 76.3 Å². The first-order valence-corrected chi connectivity index (χ1v) is 3.52. The molecule has 0 aliphatic rings. The molecule has 0 aliphatic carbocycles. The Hall–Kier alpha value is -1.14. The van der Waals surface area contributed by atoms with Gasteiger partial charge in [0.2, 0.25) is 5.83 Å². The van der Waals surface area contributed by atoms with Crippen molar-refractivity contribution in [2.24, 2.45) is 0 Å². The maximum absolute atomic E-state index is 12.4. The minimum Gasteiger partial charge on any atom is -0.461 e. The van der Waals surface area contributed by atoms with Gasteiger partial charge in [0.1, 0.15) is 0 Å². The summed E-state index contributed by atoms with van der Waals surface area (Å²) >= 11 is 0. The van der Waals surface area contributed by atoms with Crippen LogP contribution in [0.5, 0.6) is 0 Å². The Morgan fingerprint density at radius 1 is 1.50 bits per heavy atom. The summed E-state index contributed by atoms with van der Waals surface area (Å²) in [5.74, 6) is -8.39. The summed E-state index contributed by atoms with van der Waals surface area (Å²) < 4.78 is 63.6. The quantitative estimate of drug-likeness (QED) is 0.411. The first-order chi connectivity index (χ1) is 6.31. The maximum Gasteiger partial charge on any atom is 0.367 e. The van der Waals surface area contributed by atoms with Gasteiger partial charge in [-0.05, 0) is 6.92 Å². The van der Waals surface area contributed by atoms with Gasteiger partial charge >= 0.3 is 18.3 Å². The topological polar surface area (TPSA) is 26.3 Å². The first kappa shape index (κ1) is 12.9. The lowest BCUT2D eigenvalue weighted by atomic mass is 10.3. The summed E-state index contributed by atoms with van der Waals surface area (Å²) in [6.07, 6.45) is -4.82. The first-order valence-electron chi connectivity index (χ1n) is 3.52. The lowest BCUT2D eigenvalue weighted by molar-refractivity contribution is -0.141. The Morgan fingerprint density at radius 2 is 2.00 bits per heavy atom. The molecule has 14 heavy (non-hydrogen) atoms. The van der Waals surface area contributed by atoms with E-state index in [1.165, 1.54) is 6.92 Å². The number of rotatable bonds is 4. The van der Waals surface area contributed by atoms with Gasteiger partial charge in [0, 0.05) is 6.08 Å². The van der Waals surface area contributed by atoms with Crippen molar-refractivity contribution in [1.29, 1.82) is 0 Å². The summed E-state index contributed by atoms with van der Waals surface area (Å²) in [7, 11) is 0. The third-order valence-corrected chi connectivity index (χ3v) is 1.08. The van der Waals surface area contributed by atoms with Crippen molar-refractivity contribution in [3.63, 3.8) is 0 Å². The molecule has 0 rings (SSSR count). The minimum absolute atomic E-state index is 0.236. The van der Waals surface area contributed by atoms with E-state index in [9.17, 15) is 26.7 Å². The predicted octanol–water partition coefficient (Wildman–Crippen LogP) is 2.30. The van der Waals surface area contributed by atoms with Crippen LogP contribution in [0.4, 0.5) is 22.0 Å². The molecule has 0 aromatic rings. The average Bonchev–Trinajstić information content (AvgIpc) is 2.03. The van der Waals surface area contributed by atoms with E-state index in [0.717, 1.165) is 0 Å². The van der Waals surface area contributed by atoms with Crippen molar-refractivity contribution in [2.75, 3.05) is 6.61 Å². The molecule has 0 radical (unpaired) electrons. The number of esters is 1. The van der Waals surface area contributed by atoms with Crippen LogP contribution in [0.2, 0.25) is 0 Å². The van der Waals surface area contributed by atoms with Crippen molar-refractivity contribution < 1.29 is 31.5 Å². The van der Waals surface area contributed by atoms with Gasteiger partial charge in [-0.1, -0.05) is 0 Å². The van der Waals surface area contributed by atoms with E-state index in [4.69, 9.17) is 0 Å². The average molecular weight is 218 g/mol. The summed E-state index contributed by atoms with van der Waals surface area (Å²) in [5, 5.41) is 0. The molecule has 0 heterocycles. The van der Waals surface area contributed by atoms with E-state index in [0.29, 0.717) is 0 Å². The Bertz CT molecular complexity index is 236. The SMILES string of the molecule is CCOC(=O)/C(F)=C/C(F)(F)C(F)F. The number of allylic oxidation sites excluding steroid dienone is 1. The van der Waals surface area contributed by atoms with Crippen molar-refractivity contribution in [3.8, 4) is 0 Å². The fourth-order valence-corrected chi connectivity index (χ4v) is 0.491.